The van der Waals surface area contributed by atoms with Crippen LogP contribution in [0, 0.1) is 0 Å². The molecule has 0 aliphatic heterocycles. The molecule has 0 aromatic rings. The Labute approximate surface area is 50.9 Å². The third kappa shape index (κ3) is 4.00. The fraction of sp³-hybridized carbons (Fsp3) is 0.800. The Bertz CT molecular complexity index is 102. The Morgan fingerprint density at radius 2 is 1.89 bits per heavy atom. The molecule has 1 nitrogen and oxygen atoms in total. The minimum atomic E-state index is -2.73. The third-order valence-corrected chi connectivity index (χ3v) is 0.826. The number of hydrogen-bond acceptors (Lipinski definition) is 1. The lowest BCUT2D eigenvalue weighted by atomic mass is 10.2. The summed E-state index contributed by atoms with van der Waals surface area (Å²) in [5.41, 5.74) is 0. The predicted octanol–water partition coefficient (Wildman–Crippen LogP) is 1.57. The fourth-order valence-electron chi connectivity index (χ4n) is 0.322. The van der Waals surface area contributed by atoms with E-state index in [2.05, 4.69) is 0 Å². The van der Waals surface area contributed by atoms with Crippen LogP contribution in [0.4, 0.5) is 13.2 Å². The molecule has 0 fully saturated rings. The average Bonchev–Trinajstić information content (AvgIpc) is 1.63. The van der Waals surface area contributed by atoms with Gasteiger partial charge < -0.3 is 0 Å². The number of halogens is 3. The van der Waals surface area contributed by atoms with Crippen molar-refractivity contribution in [3.05, 3.63) is 0 Å². The van der Waals surface area contributed by atoms with E-state index in [1.165, 1.54) is 0 Å². The quantitative estimate of drug-likeness (QED) is 0.581. The highest BCUT2D eigenvalue weighted by atomic mass is 19.3. The first-order chi connectivity index (χ1) is 4.04. The lowest BCUT2D eigenvalue weighted by molar-refractivity contribution is -0.123. The number of rotatable bonds is 3. The minimum absolute atomic E-state index is 0.838. The highest BCUT2D eigenvalue weighted by Gasteiger charge is 2.17. The molecule has 0 spiro atoms. The summed E-state index contributed by atoms with van der Waals surface area (Å²) in [7, 11) is 0. The summed E-state index contributed by atoms with van der Waals surface area (Å²) < 4.78 is 34.5. The Morgan fingerprint density at radius 1 is 1.44 bits per heavy atom. The normalized spacial score (nSPS) is 13.9. The smallest absolute Gasteiger partial charge is 0.241 e. The number of alkyl halides is 3. The van der Waals surface area contributed by atoms with Gasteiger partial charge in [0.2, 0.25) is 6.43 Å². The topological polar surface area (TPSA) is 17.1 Å². The number of Topliss-reactive ketones (excluding diaryl/α,β-unsaturated/α-hetero) is 1. The van der Waals surface area contributed by atoms with Crippen LogP contribution in [0.2, 0.25) is 0 Å². The van der Waals surface area contributed by atoms with Gasteiger partial charge in [0.05, 0.1) is 0 Å². The Hall–Kier alpha value is -0.540. The van der Waals surface area contributed by atoms with E-state index in [9.17, 15) is 18.0 Å². The van der Waals surface area contributed by atoms with E-state index in [4.69, 9.17) is 0 Å². The van der Waals surface area contributed by atoms with Crippen molar-refractivity contribution in [2.24, 2.45) is 0 Å². The molecule has 0 aliphatic rings. The molecule has 0 N–H and O–H groups in total. The molecule has 0 aromatic carbocycles. The summed E-state index contributed by atoms with van der Waals surface area (Å²) in [6, 6.07) is 0. The van der Waals surface area contributed by atoms with Gasteiger partial charge in [-0.2, -0.15) is 0 Å². The Balaban J connectivity index is 3.50. The molecule has 54 valence electrons. The summed E-state index contributed by atoms with van der Waals surface area (Å²) in [5.74, 6) is -0.838. The summed E-state index contributed by atoms with van der Waals surface area (Å²) in [5, 5.41) is 0. The molecule has 0 heterocycles. The first-order valence-electron chi connectivity index (χ1n) is 2.46. The van der Waals surface area contributed by atoms with Crippen molar-refractivity contribution in [1.29, 1.82) is 0 Å². The number of hydrogen-bond donors (Lipinski definition) is 0. The molecule has 4 heteroatoms. The molecular weight excluding hydrogens is 133 g/mol. The molecule has 0 saturated heterocycles. The van der Waals surface area contributed by atoms with Crippen LogP contribution in [0.15, 0.2) is 0 Å². The number of carbonyl (C=O) groups excluding carboxylic acids is 1. The molecule has 0 aromatic heterocycles. The zero-order valence-corrected chi connectivity index (χ0v) is 4.90. The molecule has 1 unspecified atom stereocenters. The van der Waals surface area contributed by atoms with E-state index in [1.807, 2.05) is 0 Å². The van der Waals surface area contributed by atoms with Crippen LogP contribution < -0.4 is 0 Å². The van der Waals surface area contributed by atoms with Crippen molar-refractivity contribution < 1.29 is 18.0 Å². The van der Waals surface area contributed by atoms with Gasteiger partial charge in [0.25, 0.3) is 0 Å². The lowest BCUT2D eigenvalue weighted by Crippen LogP contribution is -2.14. The molecular formula is C5H7F3O. The van der Waals surface area contributed by atoms with Crippen molar-refractivity contribution in [3.8, 4) is 0 Å². The van der Waals surface area contributed by atoms with Gasteiger partial charge in [0.15, 0.2) is 12.0 Å². The van der Waals surface area contributed by atoms with Gasteiger partial charge >= 0.3 is 0 Å². The van der Waals surface area contributed by atoms with Gasteiger partial charge in [0.1, 0.15) is 0 Å². The summed E-state index contributed by atoms with van der Waals surface area (Å²) in [6.45, 7) is 0.951. The predicted molar refractivity (Wildman–Crippen MR) is 26.2 cm³/mol. The van der Waals surface area contributed by atoms with Gasteiger partial charge in [-0.25, -0.2) is 13.2 Å². The first kappa shape index (κ1) is 8.46. The molecule has 1 atom stereocenters. The van der Waals surface area contributed by atoms with Crippen LogP contribution in [0.25, 0.3) is 0 Å². The second-order valence-electron chi connectivity index (χ2n) is 1.70. The van der Waals surface area contributed by atoms with Crippen molar-refractivity contribution in [2.45, 2.75) is 25.9 Å². The summed E-state index contributed by atoms with van der Waals surface area (Å²) >= 11 is 0. The summed E-state index contributed by atoms with van der Waals surface area (Å²) in [4.78, 5) is 9.97. The maximum Gasteiger partial charge on any atom is 0.241 e. The van der Waals surface area contributed by atoms with E-state index in [0.717, 1.165) is 6.92 Å². The third-order valence-electron chi connectivity index (χ3n) is 0.826. The highest BCUT2D eigenvalue weighted by molar-refractivity contribution is 5.80. The van der Waals surface area contributed by atoms with Gasteiger partial charge in [0, 0.05) is 6.42 Å². The van der Waals surface area contributed by atoms with Gasteiger partial charge in [-0.15, -0.1) is 0 Å². The van der Waals surface area contributed by atoms with E-state index < -0.39 is 24.8 Å². The van der Waals surface area contributed by atoms with Crippen LogP contribution in [0.3, 0.4) is 0 Å². The van der Waals surface area contributed by atoms with Crippen molar-refractivity contribution in [1.82, 2.24) is 0 Å². The van der Waals surface area contributed by atoms with Gasteiger partial charge in [-0.1, -0.05) is 0 Å². The van der Waals surface area contributed by atoms with Crippen LogP contribution >= 0.6 is 0 Å². The zero-order valence-electron chi connectivity index (χ0n) is 4.90. The molecule has 0 radical (unpaired) electrons. The number of ketones is 1. The molecule has 9 heavy (non-hydrogen) atoms. The van der Waals surface area contributed by atoms with Crippen molar-refractivity contribution in [3.63, 3.8) is 0 Å². The number of carbonyl (C=O) groups is 1. The van der Waals surface area contributed by atoms with Crippen molar-refractivity contribution in [2.75, 3.05) is 0 Å². The molecule has 0 rings (SSSR count). The van der Waals surface area contributed by atoms with Crippen LogP contribution in [0.1, 0.15) is 13.3 Å². The molecule has 0 bridgehead atoms. The second kappa shape index (κ2) is 3.48. The first-order valence-corrected chi connectivity index (χ1v) is 2.46. The van der Waals surface area contributed by atoms with E-state index in [1.54, 1.807) is 0 Å². The highest BCUT2D eigenvalue weighted by Crippen LogP contribution is 2.07. The SMILES string of the molecule is CC(=O)C(F)CC(F)F. The van der Waals surface area contributed by atoms with E-state index >= 15 is 0 Å². The zero-order chi connectivity index (χ0) is 7.44. The van der Waals surface area contributed by atoms with Crippen LogP contribution in [-0.2, 0) is 4.79 Å². The Morgan fingerprint density at radius 3 is 2.00 bits per heavy atom. The maximum atomic E-state index is 11.9. The van der Waals surface area contributed by atoms with E-state index in [-0.39, 0.29) is 0 Å². The van der Waals surface area contributed by atoms with Crippen LogP contribution in [-0.4, -0.2) is 18.4 Å². The van der Waals surface area contributed by atoms with E-state index in [0.29, 0.717) is 0 Å². The minimum Gasteiger partial charge on any atom is -0.297 e. The standard InChI is InChI=1S/C5H7F3O/c1-3(9)4(6)2-5(7)8/h4-5H,2H2,1H3. The molecule has 0 saturated carbocycles. The van der Waals surface area contributed by atoms with Gasteiger partial charge in [-0.05, 0) is 6.92 Å². The average molecular weight is 140 g/mol. The molecule has 0 aliphatic carbocycles. The summed E-state index contributed by atoms with van der Waals surface area (Å²) in [6.07, 6.45) is -5.70. The van der Waals surface area contributed by atoms with Gasteiger partial charge in [-0.3, -0.25) is 4.79 Å². The largest absolute Gasteiger partial charge is 0.297 e. The van der Waals surface area contributed by atoms with Crippen molar-refractivity contribution >= 4 is 5.78 Å². The fourth-order valence-corrected chi connectivity index (χ4v) is 0.322. The monoisotopic (exact) mass is 140 g/mol. The Kier molecular flexibility index (Phi) is 3.27. The van der Waals surface area contributed by atoms with Crippen LogP contribution in [0.5, 0.6) is 0 Å². The molecule has 0 amide bonds. The second-order valence-corrected chi connectivity index (χ2v) is 1.70. The maximum absolute atomic E-state index is 11.9. The lowest BCUT2D eigenvalue weighted by Gasteiger charge is -2.00.